The monoisotopic (exact) mass is 461 g/mol. The van der Waals surface area contributed by atoms with E-state index < -0.39 is 0 Å². The quantitative estimate of drug-likeness (QED) is 0.602. The number of piperidine rings is 1. The fourth-order valence-electron chi connectivity index (χ4n) is 5.88. The number of hydrogen-bond donors (Lipinski definition) is 2. The Morgan fingerprint density at radius 2 is 1.76 bits per heavy atom. The maximum Gasteiger partial charge on any atom is 0.165 e. The fourth-order valence-corrected chi connectivity index (χ4v) is 5.88. The van der Waals surface area contributed by atoms with Crippen molar-refractivity contribution in [1.82, 2.24) is 30.3 Å². The van der Waals surface area contributed by atoms with Gasteiger partial charge in [0.25, 0.3) is 0 Å². The van der Waals surface area contributed by atoms with Crippen LogP contribution in [0.3, 0.4) is 0 Å². The van der Waals surface area contributed by atoms with Crippen LogP contribution in [-0.2, 0) is 13.1 Å². The number of aromatic nitrogens is 4. The lowest BCUT2D eigenvalue weighted by Crippen LogP contribution is -2.64. The van der Waals surface area contributed by atoms with Crippen LogP contribution in [0, 0.1) is 0 Å². The van der Waals surface area contributed by atoms with Crippen LogP contribution in [0.15, 0.2) is 36.4 Å². The topological polar surface area (TPSA) is 82.3 Å². The van der Waals surface area contributed by atoms with Crippen LogP contribution >= 0.6 is 0 Å². The van der Waals surface area contributed by atoms with Gasteiger partial charge in [-0.1, -0.05) is 12.1 Å². The van der Waals surface area contributed by atoms with Crippen molar-refractivity contribution in [2.24, 2.45) is 0 Å². The van der Waals surface area contributed by atoms with Crippen molar-refractivity contribution in [1.29, 1.82) is 0 Å². The molecule has 180 valence electrons. The Balaban J connectivity index is 1.49. The number of phenolic OH excluding ortho intramolecular Hbond substituents is 1. The van der Waals surface area contributed by atoms with Crippen LogP contribution in [0.25, 0.3) is 22.5 Å². The minimum absolute atomic E-state index is 0.0246. The van der Waals surface area contributed by atoms with E-state index in [1.807, 2.05) is 28.9 Å². The first-order valence-electron chi connectivity index (χ1n) is 12.2. The first-order chi connectivity index (χ1) is 16.2. The first kappa shape index (κ1) is 22.8. The molecule has 0 atom stereocenters. The highest BCUT2D eigenvalue weighted by Gasteiger charge is 2.44. The van der Waals surface area contributed by atoms with Crippen molar-refractivity contribution >= 4 is 5.82 Å². The summed E-state index contributed by atoms with van der Waals surface area (Å²) in [6.07, 6.45) is 3.49. The van der Waals surface area contributed by atoms with Crippen molar-refractivity contribution < 1.29 is 5.11 Å². The summed E-state index contributed by atoms with van der Waals surface area (Å²) >= 11 is 0. The van der Waals surface area contributed by atoms with Gasteiger partial charge in [-0.25, -0.2) is 5.01 Å². The lowest BCUT2D eigenvalue weighted by atomic mass is 9.81. The first-order valence-corrected chi connectivity index (χ1v) is 12.2. The molecule has 8 heteroatoms. The molecule has 1 saturated heterocycles. The van der Waals surface area contributed by atoms with Gasteiger partial charge in [0, 0.05) is 36.8 Å². The second-order valence-electron chi connectivity index (χ2n) is 10.7. The molecule has 8 nitrogen and oxygen atoms in total. The van der Waals surface area contributed by atoms with E-state index in [0.29, 0.717) is 11.3 Å². The summed E-state index contributed by atoms with van der Waals surface area (Å²) in [5.74, 6) is 0.961. The van der Waals surface area contributed by atoms with E-state index in [2.05, 4.69) is 66.3 Å². The highest BCUT2D eigenvalue weighted by Crippen LogP contribution is 2.41. The van der Waals surface area contributed by atoms with Crippen molar-refractivity contribution in [3.63, 3.8) is 0 Å². The number of anilines is 1. The summed E-state index contributed by atoms with van der Waals surface area (Å²) in [5.41, 5.74) is 4.18. The highest BCUT2D eigenvalue weighted by atomic mass is 16.3. The molecule has 3 aromatic rings. The maximum absolute atomic E-state index is 10.8. The Bertz CT molecular complexity index is 1140. The van der Waals surface area contributed by atoms with E-state index in [1.165, 1.54) is 6.42 Å². The predicted octanol–water partition coefficient (Wildman–Crippen LogP) is 4.21. The van der Waals surface area contributed by atoms with E-state index >= 15 is 0 Å². The third-order valence-corrected chi connectivity index (χ3v) is 7.25. The van der Waals surface area contributed by atoms with E-state index in [0.717, 1.165) is 55.2 Å². The minimum atomic E-state index is 0.0246. The van der Waals surface area contributed by atoms with Crippen molar-refractivity contribution in [3.05, 3.63) is 42.1 Å². The van der Waals surface area contributed by atoms with Gasteiger partial charge in [-0.2, -0.15) is 5.10 Å². The highest BCUT2D eigenvalue weighted by molar-refractivity contribution is 5.84. The van der Waals surface area contributed by atoms with Gasteiger partial charge < -0.3 is 10.4 Å². The molecule has 1 fully saturated rings. The molecule has 0 aliphatic carbocycles. The molecule has 4 heterocycles. The molecule has 0 amide bonds. The third-order valence-electron chi connectivity index (χ3n) is 7.25. The number of hydrazine groups is 1. The summed E-state index contributed by atoms with van der Waals surface area (Å²) in [4.78, 5) is 0. The van der Waals surface area contributed by atoms with Crippen molar-refractivity contribution in [3.8, 4) is 28.3 Å². The molecule has 2 aromatic heterocycles. The average Bonchev–Trinajstić information content (AvgIpc) is 3.22. The Labute approximate surface area is 201 Å². The van der Waals surface area contributed by atoms with Gasteiger partial charge in [-0.3, -0.25) is 9.69 Å². The molecule has 0 bridgehead atoms. The van der Waals surface area contributed by atoms with Gasteiger partial charge >= 0.3 is 0 Å². The molecule has 0 spiro atoms. The molecular formula is C26H35N7O. The third kappa shape index (κ3) is 3.95. The van der Waals surface area contributed by atoms with Crippen LogP contribution in [0.5, 0.6) is 5.75 Å². The molecule has 34 heavy (non-hydrogen) atoms. The molecule has 0 saturated carbocycles. The minimum Gasteiger partial charge on any atom is -0.507 e. The van der Waals surface area contributed by atoms with Gasteiger partial charge in [0.05, 0.1) is 29.2 Å². The van der Waals surface area contributed by atoms with E-state index in [9.17, 15) is 5.11 Å². The summed E-state index contributed by atoms with van der Waals surface area (Å²) in [7, 11) is 2.06. The SMILES string of the molecule is CN(c1ccc(-c2c(O)cccc2-c2cc3n(n2)CCNC3)nn1)N1C(C)(C)CCCC1(C)C. The van der Waals surface area contributed by atoms with Crippen LogP contribution in [0.1, 0.15) is 52.7 Å². The summed E-state index contributed by atoms with van der Waals surface area (Å²) in [5, 5.41) is 32.7. The predicted molar refractivity (Wildman–Crippen MR) is 134 cm³/mol. The molecule has 0 unspecified atom stereocenters. The number of nitrogens with one attached hydrogen (secondary N) is 1. The van der Waals surface area contributed by atoms with Gasteiger partial charge in [-0.15, -0.1) is 10.2 Å². The smallest absolute Gasteiger partial charge is 0.165 e. The molecule has 0 radical (unpaired) electrons. The van der Waals surface area contributed by atoms with Crippen LogP contribution in [0.2, 0.25) is 0 Å². The second-order valence-corrected chi connectivity index (χ2v) is 10.7. The Morgan fingerprint density at radius 3 is 2.44 bits per heavy atom. The zero-order valence-electron chi connectivity index (χ0n) is 20.8. The summed E-state index contributed by atoms with van der Waals surface area (Å²) in [6, 6.07) is 11.5. The Hall–Kier alpha value is -2.97. The van der Waals surface area contributed by atoms with Gasteiger partial charge in [0.2, 0.25) is 0 Å². The molecule has 2 N–H and O–H groups in total. The number of nitrogens with zero attached hydrogens (tertiary/aromatic N) is 6. The van der Waals surface area contributed by atoms with Crippen molar-refractivity contribution in [2.75, 3.05) is 18.6 Å². The lowest BCUT2D eigenvalue weighted by Gasteiger charge is -2.56. The lowest BCUT2D eigenvalue weighted by molar-refractivity contribution is -0.0332. The number of fused-ring (bicyclic) bond motifs is 1. The van der Waals surface area contributed by atoms with E-state index in [4.69, 9.17) is 5.10 Å². The zero-order valence-corrected chi connectivity index (χ0v) is 20.8. The number of aromatic hydroxyl groups is 1. The number of hydrogen-bond acceptors (Lipinski definition) is 7. The Kier molecular flexibility index (Phi) is 5.61. The van der Waals surface area contributed by atoms with Crippen LogP contribution < -0.4 is 10.3 Å². The maximum atomic E-state index is 10.8. The summed E-state index contributed by atoms with van der Waals surface area (Å²) in [6.45, 7) is 11.7. The Morgan fingerprint density at radius 1 is 1.00 bits per heavy atom. The largest absolute Gasteiger partial charge is 0.507 e. The van der Waals surface area contributed by atoms with Crippen molar-refractivity contribution in [2.45, 2.75) is 71.1 Å². The van der Waals surface area contributed by atoms with Gasteiger partial charge in [0.1, 0.15) is 5.75 Å². The van der Waals surface area contributed by atoms with E-state index in [-0.39, 0.29) is 16.8 Å². The zero-order chi connectivity index (χ0) is 24.1. The van der Waals surface area contributed by atoms with Gasteiger partial charge in [-0.05, 0) is 71.2 Å². The van der Waals surface area contributed by atoms with Crippen LogP contribution in [0.4, 0.5) is 5.82 Å². The number of phenols is 1. The molecule has 5 rings (SSSR count). The number of rotatable bonds is 4. The molecule has 2 aliphatic heterocycles. The molecule has 2 aliphatic rings. The van der Waals surface area contributed by atoms with Crippen LogP contribution in [-0.4, -0.2) is 54.8 Å². The fraction of sp³-hybridized carbons (Fsp3) is 0.500. The molecule has 1 aromatic carbocycles. The average molecular weight is 462 g/mol. The number of benzene rings is 1. The van der Waals surface area contributed by atoms with Gasteiger partial charge in [0.15, 0.2) is 5.82 Å². The standard InChI is InChI=1S/C26H35N7O/c1-25(2)12-7-13-26(3,4)33(25)31(5)23-11-10-20(28-29-23)24-19(8-6-9-22(24)34)21-16-18-17-27-14-15-32(18)30-21/h6,8-11,16,27,34H,7,12-15,17H2,1-5H3. The normalized spacial score (nSPS) is 19.6. The molecular weight excluding hydrogens is 426 g/mol. The van der Waals surface area contributed by atoms with E-state index in [1.54, 1.807) is 6.07 Å². The second kappa shape index (κ2) is 8.36. The summed E-state index contributed by atoms with van der Waals surface area (Å²) < 4.78 is 2.03.